The predicted octanol–water partition coefficient (Wildman–Crippen LogP) is 4.23. The molecule has 0 N–H and O–H groups in total. The van der Waals surface area contributed by atoms with Gasteiger partial charge in [0.05, 0.1) is 26.4 Å². The molecule has 8 nitrogen and oxygen atoms in total. The summed E-state index contributed by atoms with van der Waals surface area (Å²) in [6, 6.07) is 8.44. The summed E-state index contributed by atoms with van der Waals surface area (Å²) in [5.74, 6) is -0.693. The number of ether oxygens (including phenoxy) is 2. The predicted molar refractivity (Wildman–Crippen MR) is 107 cm³/mol. The van der Waals surface area contributed by atoms with E-state index in [4.69, 9.17) is 23.0 Å². The molecule has 9 heteroatoms. The summed E-state index contributed by atoms with van der Waals surface area (Å²) in [6.07, 6.45) is 0.585. The molecule has 29 heavy (non-hydrogen) atoms. The molecule has 0 aliphatic heterocycles. The second-order valence-electron chi connectivity index (χ2n) is 6.06. The van der Waals surface area contributed by atoms with E-state index in [1.54, 1.807) is 44.2 Å². The molecule has 0 atom stereocenters. The maximum Gasteiger partial charge on any atom is 0.530 e. The van der Waals surface area contributed by atoms with Crippen molar-refractivity contribution in [1.29, 1.82) is 0 Å². The van der Waals surface area contributed by atoms with Crippen molar-refractivity contribution in [2.45, 2.75) is 26.7 Å². The molecule has 0 bridgehead atoms. The van der Waals surface area contributed by atoms with E-state index in [9.17, 15) is 14.2 Å². The van der Waals surface area contributed by atoms with Crippen LogP contribution in [0.2, 0.25) is 0 Å². The standard InChI is InChI=1S/C20H27O8P/c1-16(2)19(21)24-12-8-14-26-29(23,28-18-10-6-5-7-11-18)27-15-9-13-25-20(22)17(3)4/h5-7,10-11H,1,3,8-9,12-15H2,2,4H3. The van der Waals surface area contributed by atoms with Gasteiger partial charge in [-0.25, -0.2) is 14.2 Å². The Kier molecular flexibility index (Phi) is 11.0. The summed E-state index contributed by atoms with van der Waals surface area (Å²) in [7, 11) is -3.92. The zero-order chi connectivity index (χ0) is 21.7. The van der Waals surface area contributed by atoms with Crippen molar-refractivity contribution in [3.63, 3.8) is 0 Å². The van der Waals surface area contributed by atoms with E-state index in [1.165, 1.54) is 0 Å². The molecule has 0 radical (unpaired) electrons. The summed E-state index contributed by atoms with van der Waals surface area (Å²) in [4.78, 5) is 22.7. The molecular weight excluding hydrogens is 399 g/mol. The topological polar surface area (TPSA) is 97.4 Å². The van der Waals surface area contributed by atoms with Crippen LogP contribution in [0.15, 0.2) is 54.6 Å². The molecule has 0 unspecified atom stereocenters. The number of phosphoric acid groups is 1. The largest absolute Gasteiger partial charge is 0.530 e. The number of esters is 2. The fraction of sp³-hybridized carbons (Fsp3) is 0.400. The number of phosphoric ester groups is 1. The Bertz CT molecular complexity index is 704. The molecule has 0 saturated heterocycles. The third-order valence-corrected chi connectivity index (χ3v) is 4.63. The van der Waals surface area contributed by atoms with Crippen molar-refractivity contribution in [3.05, 3.63) is 54.6 Å². The van der Waals surface area contributed by atoms with Gasteiger partial charge in [0.2, 0.25) is 0 Å². The summed E-state index contributed by atoms with van der Waals surface area (Å²) < 4.78 is 38.8. The van der Waals surface area contributed by atoms with Gasteiger partial charge < -0.3 is 14.0 Å². The zero-order valence-corrected chi connectivity index (χ0v) is 17.7. The zero-order valence-electron chi connectivity index (χ0n) is 16.8. The SMILES string of the molecule is C=C(C)C(=O)OCCCOP(=O)(OCCCOC(=O)C(=C)C)Oc1ccccc1. The lowest BCUT2D eigenvalue weighted by atomic mass is 10.3. The van der Waals surface area contributed by atoms with Crippen LogP contribution < -0.4 is 4.52 Å². The van der Waals surface area contributed by atoms with Crippen molar-refractivity contribution in [2.75, 3.05) is 26.4 Å². The van der Waals surface area contributed by atoms with Gasteiger partial charge in [-0.1, -0.05) is 31.4 Å². The van der Waals surface area contributed by atoms with Crippen molar-refractivity contribution < 1.29 is 37.2 Å². The van der Waals surface area contributed by atoms with Gasteiger partial charge in [0, 0.05) is 24.0 Å². The van der Waals surface area contributed by atoms with Crippen molar-refractivity contribution in [3.8, 4) is 5.75 Å². The average Bonchev–Trinajstić information content (AvgIpc) is 2.67. The molecule has 1 rings (SSSR count). The minimum absolute atomic E-state index is 0.0156. The maximum absolute atomic E-state index is 12.9. The Labute approximate surface area is 171 Å². The van der Waals surface area contributed by atoms with E-state index >= 15 is 0 Å². The minimum atomic E-state index is -3.92. The second-order valence-corrected chi connectivity index (χ2v) is 7.65. The average molecular weight is 426 g/mol. The molecule has 0 aliphatic rings. The van der Waals surface area contributed by atoms with Crippen molar-refractivity contribution in [1.82, 2.24) is 0 Å². The summed E-state index contributed by atoms with van der Waals surface area (Å²) >= 11 is 0. The van der Waals surface area contributed by atoms with Crippen LogP contribution in [0.4, 0.5) is 0 Å². The van der Waals surface area contributed by atoms with E-state index in [0.717, 1.165) is 0 Å². The molecule has 0 amide bonds. The lowest BCUT2D eigenvalue weighted by Crippen LogP contribution is -2.11. The summed E-state index contributed by atoms with van der Waals surface area (Å²) in [5.41, 5.74) is 0.583. The fourth-order valence-corrected chi connectivity index (χ4v) is 3.01. The number of para-hydroxylation sites is 1. The number of carbonyl (C=O) groups is 2. The second kappa shape index (κ2) is 12.9. The first kappa shape index (κ1) is 24.6. The molecular formula is C20H27O8P. The first-order valence-corrected chi connectivity index (χ1v) is 10.5. The number of carbonyl (C=O) groups excluding carboxylic acids is 2. The highest BCUT2D eigenvalue weighted by Crippen LogP contribution is 2.49. The van der Waals surface area contributed by atoms with Crippen LogP contribution in [-0.2, 0) is 32.7 Å². The third-order valence-electron chi connectivity index (χ3n) is 3.20. The van der Waals surface area contributed by atoms with Gasteiger partial charge in [-0.05, 0) is 26.0 Å². The highest BCUT2D eigenvalue weighted by molar-refractivity contribution is 7.48. The number of hydrogen-bond acceptors (Lipinski definition) is 8. The van der Waals surface area contributed by atoms with Crippen LogP contribution in [0.25, 0.3) is 0 Å². The van der Waals surface area contributed by atoms with E-state index in [2.05, 4.69) is 13.2 Å². The van der Waals surface area contributed by atoms with E-state index in [0.29, 0.717) is 29.7 Å². The smallest absolute Gasteiger partial charge is 0.462 e. The minimum Gasteiger partial charge on any atom is -0.462 e. The summed E-state index contributed by atoms with van der Waals surface area (Å²) in [6.45, 7) is 10.2. The third kappa shape index (κ3) is 10.6. The van der Waals surface area contributed by atoms with Gasteiger partial charge in [0.25, 0.3) is 0 Å². The molecule has 0 aliphatic carbocycles. The highest BCUT2D eigenvalue weighted by Gasteiger charge is 2.28. The Morgan fingerprint density at radius 1 is 0.828 bits per heavy atom. The molecule has 0 fully saturated rings. The van der Waals surface area contributed by atoms with E-state index in [-0.39, 0.29) is 26.4 Å². The Morgan fingerprint density at radius 2 is 1.28 bits per heavy atom. The number of hydrogen-bond donors (Lipinski definition) is 0. The maximum atomic E-state index is 12.9. The molecule has 1 aromatic carbocycles. The molecule has 0 heterocycles. The van der Waals surface area contributed by atoms with Crippen molar-refractivity contribution >= 4 is 19.8 Å². The van der Waals surface area contributed by atoms with Crippen LogP contribution in [0, 0.1) is 0 Å². The molecule has 1 aromatic rings. The quantitative estimate of drug-likeness (QED) is 0.189. The van der Waals surface area contributed by atoms with E-state index < -0.39 is 19.8 Å². The Hall–Kier alpha value is -2.41. The van der Waals surface area contributed by atoms with Crippen LogP contribution in [0.3, 0.4) is 0 Å². The van der Waals surface area contributed by atoms with Crippen molar-refractivity contribution in [2.24, 2.45) is 0 Å². The van der Waals surface area contributed by atoms with Gasteiger partial charge in [-0.2, -0.15) is 0 Å². The van der Waals surface area contributed by atoms with Gasteiger partial charge >= 0.3 is 19.8 Å². The first-order chi connectivity index (χ1) is 13.7. The Morgan fingerprint density at radius 3 is 1.69 bits per heavy atom. The molecule has 0 spiro atoms. The van der Waals surface area contributed by atoms with Crippen LogP contribution >= 0.6 is 7.82 Å². The van der Waals surface area contributed by atoms with Gasteiger partial charge in [0.15, 0.2) is 0 Å². The van der Waals surface area contributed by atoms with Gasteiger partial charge in [0.1, 0.15) is 5.75 Å². The summed E-state index contributed by atoms with van der Waals surface area (Å²) in [5, 5.41) is 0. The van der Waals surface area contributed by atoms with Crippen LogP contribution in [0.5, 0.6) is 5.75 Å². The highest BCUT2D eigenvalue weighted by atomic mass is 31.2. The molecule has 0 aromatic heterocycles. The lowest BCUT2D eigenvalue weighted by Gasteiger charge is -2.18. The monoisotopic (exact) mass is 426 g/mol. The number of benzene rings is 1. The van der Waals surface area contributed by atoms with Crippen LogP contribution in [-0.4, -0.2) is 38.4 Å². The Balaban J connectivity index is 2.50. The van der Waals surface area contributed by atoms with Crippen LogP contribution in [0.1, 0.15) is 26.7 Å². The van der Waals surface area contributed by atoms with Gasteiger partial charge in [-0.3, -0.25) is 9.05 Å². The fourth-order valence-electron chi connectivity index (χ4n) is 1.75. The molecule has 0 saturated carbocycles. The normalized spacial score (nSPS) is 10.8. The lowest BCUT2D eigenvalue weighted by molar-refractivity contribution is -0.140. The van der Waals surface area contributed by atoms with E-state index in [1.807, 2.05) is 0 Å². The van der Waals surface area contributed by atoms with Gasteiger partial charge in [-0.15, -0.1) is 0 Å². The molecule has 160 valence electrons. The first-order valence-electron chi connectivity index (χ1n) is 9.02. The number of rotatable bonds is 14.